The smallest absolute Gasteiger partial charge is 0.325 e. The summed E-state index contributed by atoms with van der Waals surface area (Å²) in [4.78, 5) is 14.4. The van der Waals surface area contributed by atoms with Crippen molar-refractivity contribution in [2.24, 2.45) is 5.41 Å². The SMILES string of the molecule is CNC(C)(CC(C)N1CCCC(C)(C)C1)C(=O)OC. The molecule has 19 heavy (non-hydrogen) atoms. The third kappa shape index (κ3) is 4.18. The third-order valence-electron chi connectivity index (χ3n) is 4.44. The molecule has 0 amide bonds. The molecule has 0 bridgehead atoms. The van der Waals surface area contributed by atoms with Crippen LogP contribution in [0.3, 0.4) is 0 Å². The Hall–Kier alpha value is -0.610. The summed E-state index contributed by atoms with van der Waals surface area (Å²) in [6, 6.07) is 0.371. The fraction of sp³-hybridized carbons (Fsp3) is 0.933. The largest absolute Gasteiger partial charge is 0.468 e. The Morgan fingerprint density at radius 3 is 2.63 bits per heavy atom. The monoisotopic (exact) mass is 270 g/mol. The van der Waals surface area contributed by atoms with E-state index in [1.165, 1.54) is 20.0 Å². The van der Waals surface area contributed by atoms with Crippen LogP contribution in [0.4, 0.5) is 0 Å². The molecule has 112 valence electrons. The molecule has 4 nitrogen and oxygen atoms in total. The normalized spacial score (nSPS) is 24.5. The van der Waals surface area contributed by atoms with Crippen molar-refractivity contribution in [2.75, 3.05) is 27.2 Å². The van der Waals surface area contributed by atoms with Gasteiger partial charge < -0.3 is 15.0 Å². The molecule has 0 aromatic carbocycles. The van der Waals surface area contributed by atoms with Crippen molar-refractivity contribution in [2.45, 2.75) is 58.5 Å². The molecule has 0 radical (unpaired) electrons. The van der Waals surface area contributed by atoms with Crippen molar-refractivity contribution in [1.29, 1.82) is 0 Å². The molecular weight excluding hydrogens is 240 g/mol. The third-order valence-corrected chi connectivity index (χ3v) is 4.44. The second kappa shape index (κ2) is 6.23. The van der Waals surface area contributed by atoms with Crippen molar-refractivity contribution < 1.29 is 9.53 Å². The number of rotatable bonds is 5. The number of likely N-dealkylation sites (N-methyl/N-ethyl adjacent to an activating group) is 1. The predicted molar refractivity (Wildman–Crippen MR) is 78.1 cm³/mol. The Morgan fingerprint density at radius 2 is 2.16 bits per heavy atom. The fourth-order valence-electron chi connectivity index (χ4n) is 3.08. The Kier molecular flexibility index (Phi) is 5.39. The molecule has 1 rings (SSSR count). The molecule has 4 heteroatoms. The van der Waals surface area contributed by atoms with Crippen LogP contribution in [0.5, 0.6) is 0 Å². The van der Waals surface area contributed by atoms with E-state index < -0.39 is 5.54 Å². The summed E-state index contributed by atoms with van der Waals surface area (Å²) in [5.74, 6) is -0.182. The van der Waals surface area contributed by atoms with Gasteiger partial charge in [0.2, 0.25) is 0 Å². The van der Waals surface area contributed by atoms with Gasteiger partial charge in [-0.3, -0.25) is 4.79 Å². The number of nitrogens with one attached hydrogen (secondary N) is 1. The number of hydrogen-bond donors (Lipinski definition) is 1. The van der Waals surface area contributed by atoms with Crippen LogP contribution >= 0.6 is 0 Å². The maximum atomic E-state index is 11.9. The van der Waals surface area contributed by atoms with Gasteiger partial charge in [0.25, 0.3) is 0 Å². The lowest BCUT2D eigenvalue weighted by atomic mass is 9.82. The number of carbonyl (C=O) groups is 1. The minimum Gasteiger partial charge on any atom is -0.468 e. The fourth-order valence-corrected chi connectivity index (χ4v) is 3.08. The molecule has 2 atom stereocenters. The zero-order chi connectivity index (χ0) is 14.7. The molecule has 1 aliphatic heterocycles. The van der Waals surface area contributed by atoms with E-state index in [-0.39, 0.29) is 5.97 Å². The molecule has 0 aromatic rings. The summed E-state index contributed by atoms with van der Waals surface area (Å²) in [7, 11) is 3.27. The zero-order valence-electron chi connectivity index (χ0n) is 13.4. The van der Waals surface area contributed by atoms with Gasteiger partial charge in [-0.1, -0.05) is 13.8 Å². The molecule has 0 saturated carbocycles. The minimum atomic E-state index is -0.601. The summed E-state index contributed by atoms with van der Waals surface area (Å²) in [6.07, 6.45) is 3.30. The van der Waals surface area contributed by atoms with E-state index in [4.69, 9.17) is 4.74 Å². The molecule has 0 aromatic heterocycles. The maximum Gasteiger partial charge on any atom is 0.325 e. The lowest BCUT2D eigenvalue weighted by Gasteiger charge is -2.43. The van der Waals surface area contributed by atoms with E-state index >= 15 is 0 Å². The molecule has 2 unspecified atom stereocenters. The van der Waals surface area contributed by atoms with Gasteiger partial charge in [0.05, 0.1) is 7.11 Å². The summed E-state index contributed by atoms with van der Waals surface area (Å²) < 4.78 is 4.92. The van der Waals surface area contributed by atoms with Gasteiger partial charge in [-0.25, -0.2) is 0 Å². The number of ether oxygens (including phenoxy) is 1. The first-order valence-electron chi connectivity index (χ1n) is 7.25. The lowest BCUT2D eigenvalue weighted by molar-refractivity contribution is -0.148. The van der Waals surface area contributed by atoms with Crippen molar-refractivity contribution in [3.63, 3.8) is 0 Å². The van der Waals surface area contributed by atoms with Crippen LogP contribution in [0.15, 0.2) is 0 Å². The van der Waals surface area contributed by atoms with E-state index in [1.54, 1.807) is 0 Å². The number of piperidine rings is 1. The highest BCUT2D eigenvalue weighted by molar-refractivity contribution is 5.80. The van der Waals surface area contributed by atoms with Gasteiger partial charge in [-0.05, 0) is 52.1 Å². The van der Waals surface area contributed by atoms with Crippen molar-refractivity contribution >= 4 is 5.97 Å². The topological polar surface area (TPSA) is 41.6 Å². The molecule has 0 spiro atoms. The van der Waals surface area contributed by atoms with Crippen molar-refractivity contribution in [1.82, 2.24) is 10.2 Å². The first-order chi connectivity index (χ1) is 8.74. The van der Waals surface area contributed by atoms with Gasteiger partial charge in [-0.15, -0.1) is 0 Å². The molecule has 1 saturated heterocycles. The number of carbonyl (C=O) groups excluding carboxylic acids is 1. The van der Waals surface area contributed by atoms with Gasteiger partial charge in [0, 0.05) is 12.6 Å². The summed E-state index contributed by atoms with van der Waals surface area (Å²) in [6.45, 7) is 11.0. The van der Waals surface area contributed by atoms with E-state index in [0.717, 1.165) is 19.5 Å². The first kappa shape index (κ1) is 16.4. The van der Waals surface area contributed by atoms with E-state index in [1.807, 2.05) is 14.0 Å². The standard InChI is InChI=1S/C15H30N2O2/c1-12(10-15(4,16-5)13(18)19-6)17-9-7-8-14(2,3)11-17/h12,16H,7-11H2,1-6H3. The number of nitrogens with zero attached hydrogens (tertiary/aromatic N) is 1. The van der Waals surface area contributed by atoms with Gasteiger partial charge in [-0.2, -0.15) is 0 Å². The summed E-state index contributed by atoms with van der Waals surface area (Å²) >= 11 is 0. The van der Waals surface area contributed by atoms with Crippen LogP contribution in [0.1, 0.15) is 47.0 Å². The molecule has 1 aliphatic rings. The van der Waals surface area contributed by atoms with Crippen LogP contribution < -0.4 is 5.32 Å². The number of hydrogen-bond acceptors (Lipinski definition) is 4. The molecule has 1 N–H and O–H groups in total. The van der Waals surface area contributed by atoms with Gasteiger partial charge >= 0.3 is 5.97 Å². The summed E-state index contributed by atoms with van der Waals surface area (Å²) in [5, 5.41) is 3.12. The zero-order valence-corrected chi connectivity index (χ0v) is 13.4. The van der Waals surface area contributed by atoms with Crippen LogP contribution in [0.25, 0.3) is 0 Å². The molecule has 1 heterocycles. The first-order valence-corrected chi connectivity index (χ1v) is 7.25. The molecule has 1 fully saturated rings. The second-order valence-corrected chi connectivity index (χ2v) is 6.87. The van der Waals surface area contributed by atoms with Crippen molar-refractivity contribution in [3.05, 3.63) is 0 Å². The Bertz CT molecular complexity index is 317. The molecule has 0 aliphatic carbocycles. The number of esters is 1. The summed E-state index contributed by atoms with van der Waals surface area (Å²) in [5.41, 5.74) is -0.219. The van der Waals surface area contributed by atoms with Crippen LogP contribution in [-0.4, -0.2) is 49.7 Å². The highest BCUT2D eigenvalue weighted by atomic mass is 16.5. The van der Waals surface area contributed by atoms with E-state index in [2.05, 4.69) is 31.0 Å². The van der Waals surface area contributed by atoms with E-state index in [0.29, 0.717) is 11.5 Å². The van der Waals surface area contributed by atoms with E-state index in [9.17, 15) is 4.79 Å². The lowest BCUT2D eigenvalue weighted by Crippen LogP contribution is -2.54. The van der Waals surface area contributed by atoms with Gasteiger partial charge in [0.1, 0.15) is 5.54 Å². The number of likely N-dealkylation sites (tertiary alicyclic amines) is 1. The molecular formula is C15H30N2O2. The quantitative estimate of drug-likeness (QED) is 0.776. The Morgan fingerprint density at radius 1 is 1.53 bits per heavy atom. The Balaban J connectivity index is 2.67. The highest BCUT2D eigenvalue weighted by Gasteiger charge is 2.37. The van der Waals surface area contributed by atoms with Crippen LogP contribution in [-0.2, 0) is 9.53 Å². The van der Waals surface area contributed by atoms with Gasteiger partial charge in [0.15, 0.2) is 0 Å². The predicted octanol–water partition coefficient (Wildman–Crippen LogP) is 2.04. The average molecular weight is 270 g/mol. The second-order valence-electron chi connectivity index (χ2n) is 6.87. The average Bonchev–Trinajstić information content (AvgIpc) is 2.36. The number of methoxy groups -OCH3 is 1. The maximum absolute atomic E-state index is 11.9. The minimum absolute atomic E-state index is 0.182. The van der Waals surface area contributed by atoms with Crippen LogP contribution in [0.2, 0.25) is 0 Å². The Labute approximate surface area is 117 Å². The van der Waals surface area contributed by atoms with Crippen LogP contribution in [0, 0.1) is 5.41 Å². The van der Waals surface area contributed by atoms with Crippen molar-refractivity contribution in [3.8, 4) is 0 Å². The highest BCUT2D eigenvalue weighted by Crippen LogP contribution is 2.31.